The van der Waals surface area contributed by atoms with Crippen LogP contribution in [0.2, 0.25) is 0 Å². The van der Waals surface area contributed by atoms with E-state index in [0.29, 0.717) is 5.82 Å². The van der Waals surface area contributed by atoms with Crippen LogP contribution in [0.3, 0.4) is 0 Å². The summed E-state index contributed by atoms with van der Waals surface area (Å²) < 4.78 is 0. The second-order valence-corrected chi connectivity index (χ2v) is 7.24. The van der Waals surface area contributed by atoms with Gasteiger partial charge in [-0.05, 0) is 51.3 Å². The van der Waals surface area contributed by atoms with Gasteiger partial charge >= 0.3 is 0 Å². The minimum Gasteiger partial charge on any atom is -0.325 e. The molecule has 0 radical (unpaired) electrons. The van der Waals surface area contributed by atoms with Gasteiger partial charge in [0.15, 0.2) is 5.82 Å². The van der Waals surface area contributed by atoms with Crippen molar-refractivity contribution < 1.29 is 4.79 Å². The van der Waals surface area contributed by atoms with Crippen molar-refractivity contribution in [2.24, 2.45) is 0 Å². The molecule has 26 heavy (non-hydrogen) atoms. The number of hydrogen-bond acceptors (Lipinski definition) is 3. The molecule has 1 fully saturated rings. The molecular formula is C21H22N4O. The number of aryl methyl sites for hydroxylation is 3. The number of rotatable bonds is 4. The summed E-state index contributed by atoms with van der Waals surface area (Å²) in [6, 6.07) is 14.1. The van der Waals surface area contributed by atoms with E-state index < -0.39 is 5.41 Å². The summed E-state index contributed by atoms with van der Waals surface area (Å²) in [5.41, 5.74) is 4.76. The molecule has 132 valence electrons. The molecule has 1 aliphatic rings. The Bertz CT molecular complexity index is 965. The van der Waals surface area contributed by atoms with E-state index in [4.69, 9.17) is 0 Å². The van der Waals surface area contributed by atoms with Crippen LogP contribution in [-0.2, 0) is 10.2 Å². The molecule has 4 rings (SSSR count). The fraction of sp³-hybridized carbons (Fsp3) is 0.286. The third-order valence-electron chi connectivity index (χ3n) is 4.93. The predicted octanol–water partition coefficient (Wildman–Crippen LogP) is 4.07. The van der Waals surface area contributed by atoms with Crippen LogP contribution in [0.15, 0.2) is 42.5 Å². The van der Waals surface area contributed by atoms with Gasteiger partial charge in [0.2, 0.25) is 5.91 Å². The van der Waals surface area contributed by atoms with Crippen molar-refractivity contribution in [1.82, 2.24) is 15.2 Å². The number of hydrogen-bond donors (Lipinski definition) is 2. The van der Waals surface area contributed by atoms with E-state index in [2.05, 4.69) is 52.5 Å². The van der Waals surface area contributed by atoms with Crippen molar-refractivity contribution in [3.8, 4) is 11.4 Å². The number of benzene rings is 2. The van der Waals surface area contributed by atoms with Gasteiger partial charge in [0, 0.05) is 11.3 Å². The van der Waals surface area contributed by atoms with Gasteiger partial charge in [-0.3, -0.25) is 9.89 Å². The lowest BCUT2D eigenvalue weighted by atomic mass is 9.92. The Balaban J connectivity index is 1.58. The topological polar surface area (TPSA) is 70.7 Å². The largest absolute Gasteiger partial charge is 0.325 e. The number of aromatic nitrogens is 3. The lowest BCUT2D eigenvalue weighted by molar-refractivity contribution is -0.118. The maximum Gasteiger partial charge on any atom is 0.235 e. The molecule has 1 aliphatic carbocycles. The third-order valence-corrected chi connectivity index (χ3v) is 4.93. The fourth-order valence-electron chi connectivity index (χ4n) is 3.48. The Morgan fingerprint density at radius 2 is 1.81 bits per heavy atom. The standard InChI is InChI=1S/C21H22N4O/c1-13-9-14(2)11-17(10-13)21(7-8-21)20(26)23-18-6-4-5-16(12-18)19-22-15(3)24-25-19/h4-6,9-12H,7-8H2,1-3H3,(H,23,26)(H,22,24,25). The van der Waals surface area contributed by atoms with E-state index >= 15 is 0 Å². The van der Waals surface area contributed by atoms with Crippen molar-refractivity contribution in [2.75, 3.05) is 5.32 Å². The van der Waals surface area contributed by atoms with Crippen LogP contribution < -0.4 is 5.32 Å². The van der Waals surface area contributed by atoms with Crippen LogP contribution in [0.4, 0.5) is 5.69 Å². The Hall–Kier alpha value is -2.95. The van der Waals surface area contributed by atoms with E-state index in [-0.39, 0.29) is 5.91 Å². The molecule has 0 spiro atoms. The number of carbonyl (C=O) groups excluding carboxylic acids is 1. The Morgan fingerprint density at radius 3 is 2.42 bits per heavy atom. The zero-order valence-electron chi connectivity index (χ0n) is 15.3. The number of aromatic amines is 1. The summed E-state index contributed by atoms with van der Waals surface area (Å²) in [6.45, 7) is 6.02. The monoisotopic (exact) mass is 346 g/mol. The van der Waals surface area contributed by atoms with Crippen molar-refractivity contribution in [2.45, 2.75) is 39.0 Å². The average molecular weight is 346 g/mol. The summed E-state index contributed by atoms with van der Waals surface area (Å²) >= 11 is 0. The van der Waals surface area contributed by atoms with Gasteiger partial charge < -0.3 is 5.32 Å². The van der Waals surface area contributed by atoms with E-state index in [1.807, 2.05) is 31.2 Å². The minimum atomic E-state index is -0.395. The lowest BCUT2D eigenvalue weighted by Gasteiger charge is -2.17. The molecule has 1 saturated carbocycles. The molecule has 3 aromatic rings. The Labute approximate surface area is 152 Å². The van der Waals surface area contributed by atoms with Crippen LogP contribution in [0.25, 0.3) is 11.4 Å². The van der Waals surface area contributed by atoms with Crippen LogP contribution in [-0.4, -0.2) is 21.1 Å². The quantitative estimate of drug-likeness (QED) is 0.748. The molecule has 1 amide bonds. The van der Waals surface area contributed by atoms with Crippen molar-refractivity contribution in [1.29, 1.82) is 0 Å². The Kier molecular flexibility index (Phi) is 3.87. The second-order valence-electron chi connectivity index (χ2n) is 7.24. The van der Waals surface area contributed by atoms with Crippen LogP contribution >= 0.6 is 0 Å². The number of amides is 1. The summed E-state index contributed by atoms with van der Waals surface area (Å²) in [4.78, 5) is 17.4. The van der Waals surface area contributed by atoms with Gasteiger partial charge in [-0.15, -0.1) is 0 Å². The number of anilines is 1. The molecular weight excluding hydrogens is 324 g/mol. The molecule has 2 aromatic carbocycles. The lowest BCUT2D eigenvalue weighted by Crippen LogP contribution is -2.28. The minimum absolute atomic E-state index is 0.0609. The highest BCUT2D eigenvalue weighted by molar-refractivity contribution is 6.01. The zero-order valence-corrected chi connectivity index (χ0v) is 15.3. The molecule has 0 atom stereocenters. The normalized spacial score (nSPS) is 14.9. The maximum absolute atomic E-state index is 13.0. The molecule has 2 N–H and O–H groups in total. The van der Waals surface area contributed by atoms with Crippen LogP contribution in [0.5, 0.6) is 0 Å². The third kappa shape index (κ3) is 3.01. The summed E-state index contributed by atoms with van der Waals surface area (Å²) in [5.74, 6) is 1.46. The first-order valence-electron chi connectivity index (χ1n) is 8.86. The SMILES string of the molecule is Cc1cc(C)cc(C2(C(=O)Nc3cccc(-c4n[nH]c(C)n4)c3)CC2)c1. The highest BCUT2D eigenvalue weighted by atomic mass is 16.2. The van der Waals surface area contributed by atoms with E-state index in [9.17, 15) is 4.79 Å². The van der Waals surface area contributed by atoms with E-state index in [0.717, 1.165) is 35.5 Å². The van der Waals surface area contributed by atoms with Crippen LogP contribution in [0.1, 0.15) is 35.4 Å². The predicted molar refractivity (Wildman–Crippen MR) is 102 cm³/mol. The first-order valence-corrected chi connectivity index (χ1v) is 8.86. The van der Waals surface area contributed by atoms with E-state index in [1.165, 1.54) is 11.1 Å². The molecule has 1 aromatic heterocycles. The van der Waals surface area contributed by atoms with Crippen molar-refractivity contribution >= 4 is 11.6 Å². The average Bonchev–Trinajstić information content (AvgIpc) is 3.30. The molecule has 5 heteroatoms. The fourth-order valence-corrected chi connectivity index (χ4v) is 3.48. The molecule has 0 saturated heterocycles. The number of H-pyrrole nitrogens is 1. The summed E-state index contributed by atoms with van der Waals surface area (Å²) in [6.07, 6.45) is 1.78. The van der Waals surface area contributed by atoms with E-state index in [1.54, 1.807) is 0 Å². The van der Waals surface area contributed by atoms with Gasteiger partial charge in [-0.2, -0.15) is 5.10 Å². The Morgan fingerprint density at radius 1 is 1.08 bits per heavy atom. The first kappa shape index (κ1) is 16.5. The second kappa shape index (κ2) is 6.09. The van der Waals surface area contributed by atoms with Gasteiger partial charge in [-0.25, -0.2) is 4.98 Å². The van der Waals surface area contributed by atoms with Crippen molar-refractivity contribution in [3.05, 3.63) is 65.0 Å². The van der Waals surface area contributed by atoms with Gasteiger partial charge in [0.1, 0.15) is 5.82 Å². The van der Waals surface area contributed by atoms with Gasteiger partial charge in [0.05, 0.1) is 5.41 Å². The number of nitrogens with one attached hydrogen (secondary N) is 2. The summed E-state index contributed by atoms with van der Waals surface area (Å²) in [7, 11) is 0. The molecule has 1 heterocycles. The number of nitrogens with zero attached hydrogens (tertiary/aromatic N) is 2. The van der Waals surface area contributed by atoms with Crippen molar-refractivity contribution in [3.63, 3.8) is 0 Å². The first-order chi connectivity index (χ1) is 12.5. The van der Waals surface area contributed by atoms with Gasteiger partial charge in [0.25, 0.3) is 0 Å². The van der Waals surface area contributed by atoms with Gasteiger partial charge in [-0.1, -0.05) is 41.5 Å². The maximum atomic E-state index is 13.0. The molecule has 5 nitrogen and oxygen atoms in total. The molecule has 0 bridgehead atoms. The smallest absolute Gasteiger partial charge is 0.235 e. The number of carbonyl (C=O) groups is 1. The highest BCUT2D eigenvalue weighted by Gasteiger charge is 2.51. The van der Waals surface area contributed by atoms with Crippen LogP contribution in [0, 0.1) is 20.8 Å². The molecule has 0 aliphatic heterocycles. The molecule has 0 unspecified atom stereocenters. The zero-order chi connectivity index (χ0) is 18.3. The summed E-state index contributed by atoms with van der Waals surface area (Å²) in [5, 5.41) is 10.1. The highest BCUT2D eigenvalue weighted by Crippen LogP contribution is 2.49.